The van der Waals surface area contributed by atoms with Crippen molar-refractivity contribution in [3.63, 3.8) is 0 Å². The molecule has 0 saturated carbocycles. The van der Waals surface area contributed by atoms with Crippen molar-refractivity contribution < 1.29 is 19.8 Å². The molecule has 0 radical (unpaired) electrons. The fraction of sp³-hybridized carbons (Fsp3) is 0.316. The predicted octanol–water partition coefficient (Wildman–Crippen LogP) is 2.27. The SMILES string of the molecule is CC(C)NC(C)C1(/C(=C/C(=O)O)C(=O)O)C=NC=CN1c1ccccc1. The minimum atomic E-state index is -1.32. The number of benzene rings is 1. The van der Waals surface area contributed by atoms with Crippen LogP contribution in [-0.4, -0.2) is 46.0 Å². The van der Waals surface area contributed by atoms with Gasteiger partial charge in [-0.1, -0.05) is 32.0 Å². The standard InChI is InChI=1S/C19H23N3O4/c1-13(2)21-14(3)19(16(18(25)26)11-17(23)24)12-20-9-10-22(19)15-7-5-4-6-8-15/h4-14,21H,1-3H3,(H,23,24)(H,25,26)/b16-11+. The van der Waals surface area contributed by atoms with Crippen LogP contribution in [0.2, 0.25) is 0 Å². The summed E-state index contributed by atoms with van der Waals surface area (Å²) >= 11 is 0. The molecule has 0 spiro atoms. The second-order valence-corrected chi connectivity index (χ2v) is 6.35. The van der Waals surface area contributed by atoms with Crippen molar-refractivity contribution in [3.05, 3.63) is 54.4 Å². The number of nitrogens with zero attached hydrogens (tertiary/aromatic N) is 2. The molecule has 7 nitrogen and oxygen atoms in total. The minimum absolute atomic E-state index is 0.0543. The number of nitrogens with one attached hydrogen (secondary N) is 1. The molecule has 0 aliphatic carbocycles. The van der Waals surface area contributed by atoms with Gasteiger partial charge in [-0.05, 0) is 19.1 Å². The van der Waals surface area contributed by atoms with Crippen LogP contribution in [0.25, 0.3) is 0 Å². The van der Waals surface area contributed by atoms with E-state index in [0.717, 1.165) is 11.8 Å². The third-order valence-electron chi connectivity index (χ3n) is 4.18. The average molecular weight is 357 g/mol. The maximum atomic E-state index is 12.0. The highest BCUT2D eigenvalue weighted by Crippen LogP contribution is 2.35. The summed E-state index contributed by atoms with van der Waals surface area (Å²) in [5, 5.41) is 22.4. The van der Waals surface area contributed by atoms with Gasteiger partial charge in [0.2, 0.25) is 0 Å². The summed E-state index contributed by atoms with van der Waals surface area (Å²) in [5.41, 5.74) is -0.864. The molecular weight excluding hydrogens is 334 g/mol. The Kier molecular flexibility index (Phi) is 5.94. The zero-order chi connectivity index (χ0) is 19.3. The van der Waals surface area contributed by atoms with Gasteiger partial charge in [0.05, 0.1) is 5.57 Å². The number of carboxylic acid groups (broad SMARTS) is 2. The largest absolute Gasteiger partial charge is 0.478 e. The number of carboxylic acids is 2. The lowest BCUT2D eigenvalue weighted by Gasteiger charge is -2.47. The predicted molar refractivity (Wildman–Crippen MR) is 100 cm³/mol. The molecule has 138 valence electrons. The molecule has 2 atom stereocenters. The molecule has 1 aromatic rings. The van der Waals surface area contributed by atoms with E-state index in [1.165, 1.54) is 6.21 Å². The first kappa shape index (κ1) is 19.4. The van der Waals surface area contributed by atoms with E-state index in [1.807, 2.05) is 51.1 Å². The summed E-state index contributed by atoms with van der Waals surface area (Å²) < 4.78 is 0. The second-order valence-electron chi connectivity index (χ2n) is 6.35. The molecule has 1 aliphatic heterocycles. The van der Waals surface area contributed by atoms with Gasteiger partial charge in [0.1, 0.15) is 5.54 Å². The maximum absolute atomic E-state index is 12.0. The van der Waals surface area contributed by atoms with Gasteiger partial charge in [0.15, 0.2) is 0 Å². The fourth-order valence-electron chi connectivity index (χ4n) is 3.19. The van der Waals surface area contributed by atoms with Crippen LogP contribution in [-0.2, 0) is 9.59 Å². The van der Waals surface area contributed by atoms with Crippen molar-refractivity contribution >= 4 is 23.8 Å². The molecule has 1 aliphatic rings. The third-order valence-corrected chi connectivity index (χ3v) is 4.18. The number of carbonyl (C=O) groups is 2. The van der Waals surface area contributed by atoms with E-state index in [-0.39, 0.29) is 11.6 Å². The van der Waals surface area contributed by atoms with Gasteiger partial charge in [-0.2, -0.15) is 0 Å². The third kappa shape index (κ3) is 3.83. The van der Waals surface area contributed by atoms with Crippen LogP contribution >= 0.6 is 0 Å². The number of aliphatic imine (C=N–C) groups is 1. The maximum Gasteiger partial charge on any atom is 0.334 e. The molecule has 3 N–H and O–H groups in total. The summed E-state index contributed by atoms with van der Waals surface area (Å²) in [5.74, 6) is -2.64. The Balaban J connectivity index is 2.73. The lowest BCUT2D eigenvalue weighted by Crippen LogP contribution is -2.64. The lowest BCUT2D eigenvalue weighted by atomic mass is 9.80. The molecule has 1 heterocycles. The van der Waals surface area contributed by atoms with E-state index in [9.17, 15) is 19.8 Å². The molecule has 0 fully saturated rings. The number of rotatable bonds is 7. The van der Waals surface area contributed by atoms with Gasteiger partial charge < -0.3 is 20.4 Å². The quantitative estimate of drug-likeness (QED) is 0.647. The second kappa shape index (κ2) is 7.97. The van der Waals surface area contributed by atoms with E-state index >= 15 is 0 Å². The summed E-state index contributed by atoms with van der Waals surface area (Å²) in [6.07, 6.45) is 5.44. The van der Waals surface area contributed by atoms with Crippen LogP contribution in [0.3, 0.4) is 0 Å². The highest BCUT2D eigenvalue weighted by Gasteiger charge is 2.48. The number of anilines is 1. The van der Waals surface area contributed by atoms with E-state index in [1.54, 1.807) is 17.3 Å². The highest BCUT2D eigenvalue weighted by atomic mass is 16.4. The molecule has 0 aromatic heterocycles. The van der Waals surface area contributed by atoms with E-state index < -0.39 is 23.5 Å². The van der Waals surface area contributed by atoms with Crippen LogP contribution in [0, 0.1) is 0 Å². The molecule has 26 heavy (non-hydrogen) atoms. The van der Waals surface area contributed by atoms with Crippen molar-refractivity contribution in [2.45, 2.75) is 38.4 Å². The number of hydrogen-bond donors (Lipinski definition) is 3. The smallest absolute Gasteiger partial charge is 0.334 e. The van der Waals surface area contributed by atoms with Gasteiger partial charge >= 0.3 is 11.9 Å². The molecule has 0 saturated heterocycles. The molecule has 1 aromatic carbocycles. The number of aliphatic carboxylic acids is 2. The Morgan fingerprint density at radius 2 is 1.85 bits per heavy atom. The molecule has 2 rings (SSSR count). The van der Waals surface area contributed by atoms with Crippen molar-refractivity contribution in [3.8, 4) is 0 Å². The fourth-order valence-corrected chi connectivity index (χ4v) is 3.19. The van der Waals surface area contributed by atoms with Gasteiger partial charge in [-0.15, -0.1) is 0 Å². The summed E-state index contributed by atoms with van der Waals surface area (Å²) in [4.78, 5) is 29.3. The summed E-state index contributed by atoms with van der Waals surface area (Å²) in [7, 11) is 0. The summed E-state index contributed by atoms with van der Waals surface area (Å²) in [6.45, 7) is 5.70. The van der Waals surface area contributed by atoms with Crippen LogP contribution in [0.4, 0.5) is 5.69 Å². The number of hydrogen-bond acceptors (Lipinski definition) is 5. The van der Waals surface area contributed by atoms with E-state index in [0.29, 0.717) is 0 Å². The first-order valence-corrected chi connectivity index (χ1v) is 8.29. The van der Waals surface area contributed by atoms with Gasteiger partial charge in [0, 0.05) is 42.5 Å². The average Bonchev–Trinajstić information content (AvgIpc) is 2.59. The van der Waals surface area contributed by atoms with E-state index in [2.05, 4.69) is 10.3 Å². The van der Waals surface area contributed by atoms with Crippen molar-refractivity contribution in [1.82, 2.24) is 5.32 Å². The normalized spacial score (nSPS) is 21.1. The van der Waals surface area contributed by atoms with Crippen LogP contribution in [0.5, 0.6) is 0 Å². The van der Waals surface area contributed by atoms with Gasteiger partial charge in [0.25, 0.3) is 0 Å². The van der Waals surface area contributed by atoms with Crippen LogP contribution in [0.1, 0.15) is 20.8 Å². The lowest BCUT2D eigenvalue weighted by molar-refractivity contribution is -0.135. The van der Waals surface area contributed by atoms with Crippen molar-refractivity contribution in [2.24, 2.45) is 4.99 Å². The minimum Gasteiger partial charge on any atom is -0.478 e. The Morgan fingerprint density at radius 1 is 1.19 bits per heavy atom. The molecule has 2 unspecified atom stereocenters. The Labute approximate surface area is 152 Å². The zero-order valence-corrected chi connectivity index (χ0v) is 15.0. The molecular formula is C19H23N3O4. The van der Waals surface area contributed by atoms with E-state index in [4.69, 9.17) is 0 Å². The van der Waals surface area contributed by atoms with Crippen LogP contribution < -0.4 is 10.2 Å². The number of para-hydroxylation sites is 1. The first-order chi connectivity index (χ1) is 12.3. The molecule has 0 bridgehead atoms. The Bertz CT molecular complexity index is 755. The Hall–Kier alpha value is -2.93. The highest BCUT2D eigenvalue weighted by molar-refractivity contribution is 6.04. The van der Waals surface area contributed by atoms with Crippen LogP contribution in [0.15, 0.2) is 59.4 Å². The van der Waals surface area contributed by atoms with Crippen molar-refractivity contribution in [2.75, 3.05) is 4.90 Å². The Morgan fingerprint density at radius 3 is 2.38 bits per heavy atom. The molecule has 0 amide bonds. The summed E-state index contributed by atoms with van der Waals surface area (Å²) in [6, 6.07) is 8.80. The van der Waals surface area contributed by atoms with Gasteiger partial charge in [-0.25, -0.2) is 9.59 Å². The van der Waals surface area contributed by atoms with Gasteiger partial charge in [-0.3, -0.25) is 4.99 Å². The topological polar surface area (TPSA) is 102 Å². The zero-order valence-electron chi connectivity index (χ0n) is 15.0. The van der Waals surface area contributed by atoms with Crippen molar-refractivity contribution in [1.29, 1.82) is 0 Å². The molecule has 7 heteroatoms. The monoisotopic (exact) mass is 357 g/mol. The first-order valence-electron chi connectivity index (χ1n) is 8.29.